The Bertz CT molecular complexity index is 2160. The van der Waals surface area contributed by atoms with Gasteiger partial charge in [-0.25, -0.2) is 4.98 Å². The molecule has 0 saturated carbocycles. The Morgan fingerprint density at radius 1 is 0.583 bits per heavy atom. The van der Waals surface area contributed by atoms with Crippen LogP contribution in [0, 0.1) is 0 Å². The summed E-state index contributed by atoms with van der Waals surface area (Å²) in [6.07, 6.45) is 7.26. The molecular weight excluding hydrogens is 583 g/mol. The smallest absolute Gasteiger partial charge is 0.144 e. The third-order valence-electron chi connectivity index (χ3n) is 9.99. The first-order valence-electron chi connectivity index (χ1n) is 17.8. The molecule has 7 aromatic rings. The fraction of sp³-hybridized carbons (Fsp3) is 0.267. The van der Waals surface area contributed by atoms with Crippen molar-refractivity contribution in [2.45, 2.75) is 79.2 Å². The average molecular weight is 630 g/mol. The SMILES string of the molecule is CCc1cc(CC)cc(CCn2c3ccccc3c3cc(-c4nccn4-c4c(C(C)C)cc(-c5ccccc5)cc4C(C)C)ccc32)c1. The molecule has 48 heavy (non-hydrogen) atoms. The first-order chi connectivity index (χ1) is 23.4. The molecule has 3 heteroatoms. The van der Waals surface area contributed by atoms with E-state index >= 15 is 0 Å². The van der Waals surface area contributed by atoms with E-state index in [2.05, 4.69) is 160 Å². The van der Waals surface area contributed by atoms with Crippen LogP contribution in [0.2, 0.25) is 0 Å². The van der Waals surface area contributed by atoms with Gasteiger partial charge in [-0.15, -0.1) is 0 Å². The summed E-state index contributed by atoms with van der Waals surface area (Å²) in [5.74, 6) is 1.68. The second kappa shape index (κ2) is 13.3. The van der Waals surface area contributed by atoms with Crippen LogP contribution in [-0.2, 0) is 25.8 Å². The predicted molar refractivity (Wildman–Crippen MR) is 205 cm³/mol. The molecule has 0 aliphatic heterocycles. The van der Waals surface area contributed by atoms with E-state index in [-0.39, 0.29) is 0 Å². The van der Waals surface area contributed by atoms with E-state index < -0.39 is 0 Å². The molecule has 0 aliphatic rings. The van der Waals surface area contributed by atoms with E-state index in [9.17, 15) is 0 Å². The number of aryl methyl sites for hydroxylation is 4. The monoisotopic (exact) mass is 629 g/mol. The lowest BCUT2D eigenvalue weighted by Gasteiger charge is -2.23. The van der Waals surface area contributed by atoms with Crippen LogP contribution in [0.1, 0.15) is 81.2 Å². The number of nitrogens with zero attached hydrogens (tertiary/aromatic N) is 3. The van der Waals surface area contributed by atoms with Crippen molar-refractivity contribution in [3.63, 3.8) is 0 Å². The molecule has 5 aromatic carbocycles. The molecule has 0 unspecified atom stereocenters. The maximum absolute atomic E-state index is 5.00. The van der Waals surface area contributed by atoms with Gasteiger partial charge in [-0.2, -0.15) is 0 Å². The summed E-state index contributed by atoms with van der Waals surface area (Å²) in [5.41, 5.74) is 14.5. The highest BCUT2D eigenvalue weighted by Crippen LogP contribution is 2.39. The largest absolute Gasteiger partial charge is 0.340 e. The minimum Gasteiger partial charge on any atom is -0.340 e. The van der Waals surface area contributed by atoms with Crippen LogP contribution in [0.4, 0.5) is 0 Å². The van der Waals surface area contributed by atoms with Gasteiger partial charge in [-0.3, -0.25) is 4.57 Å². The zero-order valence-electron chi connectivity index (χ0n) is 29.3. The quantitative estimate of drug-likeness (QED) is 0.148. The minimum atomic E-state index is 0.350. The third-order valence-corrected chi connectivity index (χ3v) is 9.99. The molecule has 3 nitrogen and oxygen atoms in total. The maximum atomic E-state index is 5.00. The van der Waals surface area contributed by atoms with Crippen LogP contribution in [0.3, 0.4) is 0 Å². The van der Waals surface area contributed by atoms with Crippen molar-refractivity contribution >= 4 is 21.8 Å². The summed E-state index contributed by atoms with van der Waals surface area (Å²) in [7, 11) is 0. The molecule has 0 bridgehead atoms. The van der Waals surface area contributed by atoms with Crippen molar-refractivity contribution < 1.29 is 0 Å². The summed E-state index contributed by atoms with van der Waals surface area (Å²) in [5, 5.41) is 2.57. The van der Waals surface area contributed by atoms with Gasteiger partial charge in [0.2, 0.25) is 0 Å². The molecule has 242 valence electrons. The van der Waals surface area contributed by atoms with E-state index in [1.165, 1.54) is 66.4 Å². The summed E-state index contributed by atoms with van der Waals surface area (Å²) >= 11 is 0. The number of imidazole rings is 1. The highest BCUT2D eigenvalue weighted by molar-refractivity contribution is 6.09. The molecule has 0 N–H and O–H groups in total. The highest BCUT2D eigenvalue weighted by Gasteiger charge is 2.21. The van der Waals surface area contributed by atoms with E-state index in [0.29, 0.717) is 11.8 Å². The molecule has 0 radical (unpaired) electrons. The van der Waals surface area contributed by atoms with Gasteiger partial charge in [0.05, 0.1) is 5.69 Å². The summed E-state index contributed by atoms with van der Waals surface area (Å²) in [6.45, 7) is 14.7. The van der Waals surface area contributed by atoms with E-state index in [0.717, 1.165) is 37.2 Å². The minimum absolute atomic E-state index is 0.350. The Hall–Kier alpha value is -4.89. The number of hydrogen-bond acceptors (Lipinski definition) is 1. The second-order valence-corrected chi connectivity index (χ2v) is 13.8. The summed E-state index contributed by atoms with van der Waals surface area (Å²) in [6, 6.07) is 38.5. The summed E-state index contributed by atoms with van der Waals surface area (Å²) < 4.78 is 4.85. The van der Waals surface area contributed by atoms with Crippen LogP contribution in [0.25, 0.3) is 50.0 Å². The molecule has 2 heterocycles. The number of hydrogen-bond donors (Lipinski definition) is 0. The van der Waals surface area contributed by atoms with Crippen molar-refractivity contribution in [3.05, 3.63) is 143 Å². The van der Waals surface area contributed by atoms with Crippen molar-refractivity contribution in [1.82, 2.24) is 14.1 Å². The van der Waals surface area contributed by atoms with Gasteiger partial charge in [-0.1, -0.05) is 108 Å². The molecule has 7 rings (SSSR count). The zero-order chi connectivity index (χ0) is 33.4. The van der Waals surface area contributed by atoms with Gasteiger partial charge in [0.1, 0.15) is 5.82 Å². The topological polar surface area (TPSA) is 22.8 Å². The van der Waals surface area contributed by atoms with E-state index in [1.54, 1.807) is 0 Å². The zero-order valence-corrected chi connectivity index (χ0v) is 29.3. The molecule has 0 atom stereocenters. The fourth-order valence-corrected chi connectivity index (χ4v) is 7.40. The van der Waals surface area contributed by atoms with Gasteiger partial charge in [0.25, 0.3) is 0 Å². The van der Waals surface area contributed by atoms with E-state index in [1.807, 2.05) is 6.20 Å². The van der Waals surface area contributed by atoms with Crippen molar-refractivity contribution in [2.75, 3.05) is 0 Å². The first-order valence-corrected chi connectivity index (χ1v) is 17.8. The molecule has 0 amide bonds. The predicted octanol–water partition coefficient (Wildman–Crippen LogP) is 11.9. The van der Waals surface area contributed by atoms with Crippen LogP contribution in [0.15, 0.2) is 116 Å². The van der Waals surface area contributed by atoms with Crippen LogP contribution in [-0.4, -0.2) is 14.1 Å². The molecule has 0 spiro atoms. The lowest BCUT2D eigenvalue weighted by Crippen LogP contribution is -2.08. The van der Waals surface area contributed by atoms with Crippen molar-refractivity contribution in [2.24, 2.45) is 0 Å². The molecule has 2 aromatic heterocycles. The number of para-hydroxylation sites is 1. The fourth-order valence-electron chi connectivity index (χ4n) is 7.40. The van der Waals surface area contributed by atoms with Crippen molar-refractivity contribution in [1.29, 1.82) is 0 Å². The summed E-state index contributed by atoms with van der Waals surface area (Å²) in [4.78, 5) is 5.00. The molecule has 0 fully saturated rings. The van der Waals surface area contributed by atoms with Crippen LogP contribution in [0.5, 0.6) is 0 Å². The lowest BCUT2D eigenvalue weighted by molar-refractivity contribution is 0.743. The lowest BCUT2D eigenvalue weighted by atomic mass is 9.88. The second-order valence-electron chi connectivity index (χ2n) is 13.8. The average Bonchev–Trinajstić information content (AvgIpc) is 3.73. The Balaban J connectivity index is 1.33. The standard InChI is InChI=1S/C45H47N3/c1-7-32-24-33(8-2)26-34(25-32)20-22-47-42-17-13-12-16-38(42)41-27-36(18-19-43(41)47)45-46-21-23-48(45)44-39(30(3)4)28-37(29-40(44)31(5)6)35-14-10-9-11-15-35/h9-19,21,23-31H,7-8,20,22H2,1-6H3. The van der Waals surface area contributed by atoms with Gasteiger partial charge in [0.15, 0.2) is 0 Å². The van der Waals surface area contributed by atoms with Gasteiger partial charge in [0, 0.05) is 46.3 Å². The number of fused-ring (bicyclic) bond motifs is 3. The maximum Gasteiger partial charge on any atom is 0.144 e. The Morgan fingerprint density at radius 2 is 1.21 bits per heavy atom. The highest BCUT2D eigenvalue weighted by atomic mass is 15.1. The Morgan fingerprint density at radius 3 is 1.88 bits per heavy atom. The molecule has 0 saturated heterocycles. The number of benzene rings is 5. The number of rotatable bonds is 10. The van der Waals surface area contributed by atoms with Gasteiger partial charge in [-0.05, 0) is 106 Å². The molecular formula is C45H47N3. The van der Waals surface area contributed by atoms with Crippen molar-refractivity contribution in [3.8, 4) is 28.2 Å². The molecule has 0 aliphatic carbocycles. The van der Waals surface area contributed by atoms with Gasteiger partial charge >= 0.3 is 0 Å². The Labute approximate surface area is 285 Å². The Kier molecular flexibility index (Phi) is 8.79. The normalized spacial score (nSPS) is 11.8. The van der Waals surface area contributed by atoms with Crippen LogP contribution < -0.4 is 0 Å². The van der Waals surface area contributed by atoms with E-state index in [4.69, 9.17) is 4.98 Å². The van der Waals surface area contributed by atoms with Gasteiger partial charge < -0.3 is 4.57 Å². The first kappa shape index (κ1) is 31.7. The third kappa shape index (κ3) is 5.87. The van der Waals surface area contributed by atoms with Crippen LogP contribution >= 0.6 is 0 Å². The number of aromatic nitrogens is 3.